The topological polar surface area (TPSA) is 23.5 Å². The van der Waals surface area contributed by atoms with Crippen LogP contribution in [-0.4, -0.2) is 18.2 Å². The molecule has 0 bridgehead atoms. The van der Waals surface area contributed by atoms with E-state index in [9.17, 15) is 9.50 Å². The molecule has 0 saturated heterocycles. The molecule has 0 heterocycles. The van der Waals surface area contributed by atoms with E-state index in [-0.39, 0.29) is 5.82 Å². The van der Waals surface area contributed by atoms with E-state index in [2.05, 4.69) is 18.7 Å². The average Bonchev–Trinajstić information content (AvgIpc) is 2.40. The van der Waals surface area contributed by atoms with E-state index in [1.165, 1.54) is 6.07 Å². The highest BCUT2D eigenvalue weighted by molar-refractivity contribution is 5.55. The summed E-state index contributed by atoms with van der Waals surface area (Å²) in [6.07, 6.45) is 1.53. The third-order valence-corrected chi connectivity index (χ3v) is 3.80. The lowest BCUT2D eigenvalue weighted by molar-refractivity contribution is 0.199. The van der Waals surface area contributed by atoms with E-state index in [0.29, 0.717) is 17.2 Å². The average molecular weight is 267 g/mol. The van der Waals surface area contributed by atoms with Gasteiger partial charge < -0.3 is 10.0 Å². The van der Waals surface area contributed by atoms with Crippen LogP contribution in [0.3, 0.4) is 0 Å². The van der Waals surface area contributed by atoms with Crippen molar-refractivity contribution in [1.29, 1.82) is 0 Å². The number of aliphatic hydroxyl groups excluding tert-OH is 1. The molecule has 0 aliphatic heterocycles. The summed E-state index contributed by atoms with van der Waals surface area (Å²) in [6, 6.07) is 4.93. The Morgan fingerprint density at radius 3 is 2.32 bits per heavy atom. The first kappa shape index (κ1) is 16.0. The molecule has 0 radical (unpaired) electrons. The van der Waals surface area contributed by atoms with Crippen LogP contribution in [0.15, 0.2) is 18.2 Å². The molecule has 0 aliphatic rings. The van der Waals surface area contributed by atoms with Gasteiger partial charge in [-0.1, -0.05) is 38.8 Å². The Morgan fingerprint density at radius 2 is 1.84 bits per heavy atom. The fourth-order valence-corrected chi connectivity index (χ4v) is 2.44. The summed E-state index contributed by atoms with van der Waals surface area (Å²) in [7, 11) is 0. The maximum atomic E-state index is 14.2. The van der Waals surface area contributed by atoms with Crippen molar-refractivity contribution in [2.24, 2.45) is 5.92 Å². The number of hydrogen-bond donors (Lipinski definition) is 1. The van der Waals surface area contributed by atoms with Crippen LogP contribution in [0.4, 0.5) is 10.1 Å². The largest absolute Gasteiger partial charge is 0.389 e. The van der Waals surface area contributed by atoms with Crippen molar-refractivity contribution in [1.82, 2.24) is 0 Å². The van der Waals surface area contributed by atoms with Gasteiger partial charge in [-0.2, -0.15) is 0 Å². The lowest BCUT2D eigenvalue weighted by atomic mass is 10.0. The highest BCUT2D eigenvalue weighted by atomic mass is 19.1. The number of halogens is 1. The molecule has 0 saturated carbocycles. The minimum Gasteiger partial charge on any atom is -0.389 e. The molecule has 0 fully saturated rings. The number of rotatable bonds is 7. The Balaban J connectivity index is 3.10. The summed E-state index contributed by atoms with van der Waals surface area (Å²) >= 11 is 0. The summed E-state index contributed by atoms with van der Waals surface area (Å²) in [6.45, 7) is 9.63. The van der Waals surface area contributed by atoms with E-state index in [1.54, 1.807) is 19.1 Å². The first-order valence-corrected chi connectivity index (χ1v) is 7.26. The maximum Gasteiger partial charge on any atom is 0.146 e. The molecule has 108 valence electrons. The van der Waals surface area contributed by atoms with Crippen molar-refractivity contribution in [2.75, 3.05) is 18.0 Å². The minimum atomic E-state index is -0.651. The van der Waals surface area contributed by atoms with Gasteiger partial charge in [0, 0.05) is 18.7 Å². The van der Waals surface area contributed by atoms with Crippen LogP contribution in [0.5, 0.6) is 0 Å². The minimum absolute atomic E-state index is 0.244. The van der Waals surface area contributed by atoms with Crippen molar-refractivity contribution >= 4 is 5.69 Å². The fraction of sp³-hybridized carbons (Fsp3) is 0.625. The summed E-state index contributed by atoms with van der Waals surface area (Å²) in [5.74, 6) is 0.313. The first-order valence-electron chi connectivity index (χ1n) is 7.26. The summed E-state index contributed by atoms with van der Waals surface area (Å²) < 4.78 is 14.2. The zero-order chi connectivity index (χ0) is 14.4. The summed E-state index contributed by atoms with van der Waals surface area (Å²) in [5, 5.41) is 9.83. The molecule has 2 nitrogen and oxygen atoms in total. The normalized spacial score (nSPS) is 12.8. The highest BCUT2D eigenvalue weighted by Crippen LogP contribution is 2.30. The van der Waals surface area contributed by atoms with Gasteiger partial charge in [-0.05, 0) is 25.8 Å². The molecule has 19 heavy (non-hydrogen) atoms. The molecule has 0 aliphatic carbocycles. The Labute approximate surface area is 116 Å². The number of benzene rings is 1. The van der Waals surface area contributed by atoms with Crippen molar-refractivity contribution in [3.05, 3.63) is 29.6 Å². The zero-order valence-corrected chi connectivity index (χ0v) is 12.5. The van der Waals surface area contributed by atoms with Crippen LogP contribution in [0.2, 0.25) is 0 Å². The van der Waals surface area contributed by atoms with Crippen LogP contribution in [-0.2, 0) is 0 Å². The van der Waals surface area contributed by atoms with Gasteiger partial charge in [-0.3, -0.25) is 0 Å². The molecule has 1 rings (SSSR count). The Hall–Kier alpha value is -1.09. The third-order valence-electron chi connectivity index (χ3n) is 3.80. The van der Waals surface area contributed by atoms with Crippen LogP contribution in [0.25, 0.3) is 0 Å². The van der Waals surface area contributed by atoms with Gasteiger partial charge in [0.15, 0.2) is 0 Å². The predicted molar refractivity (Wildman–Crippen MR) is 79.0 cm³/mol. The second-order valence-corrected chi connectivity index (χ2v) is 5.07. The number of anilines is 1. The molecule has 0 amide bonds. The predicted octanol–water partition coefficient (Wildman–Crippen LogP) is 4.14. The third kappa shape index (κ3) is 3.93. The van der Waals surface area contributed by atoms with Crippen molar-refractivity contribution < 1.29 is 9.50 Å². The van der Waals surface area contributed by atoms with Crippen molar-refractivity contribution in [2.45, 2.75) is 46.6 Å². The molecule has 0 unspecified atom stereocenters. The zero-order valence-electron chi connectivity index (χ0n) is 12.5. The summed E-state index contributed by atoms with van der Waals surface area (Å²) in [5.41, 5.74) is 1.24. The molecular formula is C16H26FNO. The number of para-hydroxylation sites is 1. The lowest BCUT2D eigenvalue weighted by Gasteiger charge is -2.30. The van der Waals surface area contributed by atoms with Crippen LogP contribution >= 0.6 is 0 Å². The van der Waals surface area contributed by atoms with Gasteiger partial charge in [0.2, 0.25) is 0 Å². The number of hydrogen-bond acceptors (Lipinski definition) is 2. The lowest BCUT2D eigenvalue weighted by Crippen LogP contribution is -2.31. The van der Waals surface area contributed by atoms with E-state index in [4.69, 9.17) is 0 Å². The summed E-state index contributed by atoms with van der Waals surface area (Å²) in [4.78, 5) is 2.05. The van der Waals surface area contributed by atoms with Gasteiger partial charge >= 0.3 is 0 Å². The number of nitrogens with zero attached hydrogens (tertiary/aromatic N) is 1. The molecule has 1 aromatic rings. The highest BCUT2D eigenvalue weighted by Gasteiger charge is 2.19. The van der Waals surface area contributed by atoms with E-state index in [1.807, 2.05) is 6.92 Å². The van der Waals surface area contributed by atoms with Gasteiger partial charge in [-0.25, -0.2) is 4.39 Å². The Kier molecular flexibility index (Phi) is 6.29. The fourth-order valence-electron chi connectivity index (χ4n) is 2.44. The number of aliphatic hydroxyl groups is 1. The second-order valence-electron chi connectivity index (χ2n) is 5.07. The van der Waals surface area contributed by atoms with E-state index >= 15 is 0 Å². The van der Waals surface area contributed by atoms with Gasteiger partial charge in [-0.15, -0.1) is 0 Å². The monoisotopic (exact) mass is 267 g/mol. The quantitative estimate of drug-likeness (QED) is 0.802. The van der Waals surface area contributed by atoms with Crippen LogP contribution < -0.4 is 4.90 Å². The van der Waals surface area contributed by atoms with Gasteiger partial charge in [0.25, 0.3) is 0 Å². The smallest absolute Gasteiger partial charge is 0.146 e. The second kappa shape index (κ2) is 7.49. The van der Waals surface area contributed by atoms with Gasteiger partial charge in [0.1, 0.15) is 5.82 Å². The van der Waals surface area contributed by atoms with E-state index < -0.39 is 6.10 Å². The SMILES string of the molecule is CCC(CC)CN(CC)c1c(F)cccc1[C@H](C)O. The Morgan fingerprint density at radius 1 is 1.21 bits per heavy atom. The van der Waals surface area contributed by atoms with Crippen molar-refractivity contribution in [3.63, 3.8) is 0 Å². The van der Waals surface area contributed by atoms with Crippen LogP contribution in [0, 0.1) is 11.7 Å². The van der Waals surface area contributed by atoms with Gasteiger partial charge in [0.05, 0.1) is 11.8 Å². The Bertz CT molecular complexity index is 388. The standard InChI is InChI=1S/C16H26FNO/c1-5-13(6-2)11-18(7-3)16-14(12(4)19)9-8-10-15(16)17/h8-10,12-13,19H,5-7,11H2,1-4H3/t12-/m0/s1. The van der Waals surface area contributed by atoms with Crippen LogP contribution in [0.1, 0.15) is 52.2 Å². The first-order chi connectivity index (χ1) is 9.04. The van der Waals surface area contributed by atoms with Crippen molar-refractivity contribution in [3.8, 4) is 0 Å². The molecule has 3 heteroatoms. The molecule has 1 atom stereocenters. The van der Waals surface area contributed by atoms with E-state index in [0.717, 1.165) is 25.9 Å². The molecule has 1 aromatic carbocycles. The maximum absolute atomic E-state index is 14.2. The molecular weight excluding hydrogens is 241 g/mol. The molecule has 0 aromatic heterocycles. The molecule has 1 N–H and O–H groups in total. The molecule has 0 spiro atoms.